The minimum Gasteiger partial charge on any atom is -0.494 e. The van der Waals surface area contributed by atoms with Gasteiger partial charge in [0.25, 0.3) is 0 Å². The lowest BCUT2D eigenvalue weighted by Crippen LogP contribution is -2.32. The van der Waals surface area contributed by atoms with E-state index in [1.54, 1.807) is 13.2 Å². The van der Waals surface area contributed by atoms with Crippen molar-refractivity contribution in [3.8, 4) is 17.1 Å². The van der Waals surface area contributed by atoms with Crippen LogP contribution in [0.4, 0.5) is 4.39 Å². The Morgan fingerprint density at radius 2 is 2.19 bits per heavy atom. The SMILES string of the molecule is CNC(COC)Cc1nc(-c2ccc(F)c(OC)c2)no1. The zero-order valence-electron chi connectivity index (χ0n) is 12.2. The van der Waals surface area contributed by atoms with Crippen LogP contribution in [0.3, 0.4) is 0 Å². The summed E-state index contributed by atoms with van der Waals surface area (Å²) in [6.07, 6.45) is 0.551. The van der Waals surface area contributed by atoms with Crippen LogP contribution >= 0.6 is 0 Å². The van der Waals surface area contributed by atoms with Crippen LogP contribution in [0.1, 0.15) is 5.89 Å². The van der Waals surface area contributed by atoms with Gasteiger partial charge in [-0.3, -0.25) is 0 Å². The van der Waals surface area contributed by atoms with Crippen LogP contribution in [0.5, 0.6) is 5.75 Å². The van der Waals surface area contributed by atoms with E-state index in [0.717, 1.165) is 0 Å². The van der Waals surface area contributed by atoms with Crippen molar-refractivity contribution in [3.63, 3.8) is 0 Å². The molecule has 1 unspecified atom stereocenters. The summed E-state index contributed by atoms with van der Waals surface area (Å²) in [5.74, 6) is 0.604. The molecule has 0 saturated carbocycles. The summed E-state index contributed by atoms with van der Waals surface area (Å²) in [5.41, 5.74) is 0.635. The average molecular weight is 295 g/mol. The summed E-state index contributed by atoms with van der Waals surface area (Å²) in [5, 5.41) is 7.01. The van der Waals surface area contributed by atoms with Gasteiger partial charge in [0.1, 0.15) is 0 Å². The quantitative estimate of drug-likeness (QED) is 0.838. The minimum absolute atomic E-state index is 0.0889. The molecule has 1 N–H and O–H groups in total. The van der Waals surface area contributed by atoms with Crippen molar-refractivity contribution >= 4 is 0 Å². The molecule has 0 radical (unpaired) electrons. The van der Waals surface area contributed by atoms with E-state index in [9.17, 15) is 4.39 Å². The Bertz CT molecular complexity index is 589. The predicted molar refractivity (Wildman–Crippen MR) is 74.7 cm³/mol. The third-order valence-electron chi connectivity index (χ3n) is 3.07. The van der Waals surface area contributed by atoms with Crippen molar-refractivity contribution < 1.29 is 18.4 Å². The number of nitrogens with one attached hydrogen (secondary N) is 1. The highest BCUT2D eigenvalue weighted by molar-refractivity contribution is 5.57. The molecule has 0 spiro atoms. The summed E-state index contributed by atoms with van der Waals surface area (Å²) in [6, 6.07) is 4.52. The van der Waals surface area contributed by atoms with Gasteiger partial charge in [0.05, 0.1) is 13.7 Å². The Hall–Kier alpha value is -1.99. The number of halogens is 1. The lowest BCUT2D eigenvalue weighted by Gasteiger charge is -2.11. The van der Waals surface area contributed by atoms with E-state index in [-0.39, 0.29) is 11.8 Å². The lowest BCUT2D eigenvalue weighted by atomic mass is 10.2. The second-order valence-electron chi connectivity index (χ2n) is 4.51. The molecular formula is C14H18FN3O3. The number of likely N-dealkylation sites (N-methyl/N-ethyl adjacent to an activating group) is 1. The zero-order chi connectivity index (χ0) is 15.2. The maximum Gasteiger partial charge on any atom is 0.228 e. The molecule has 1 aromatic carbocycles. The molecule has 0 saturated heterocycles. The molecule has 0 bridgehead atoms. The van der Waals surface area contributed by atoms with E-state index in [1.165, 1.54) is 19.2 Å². The van der Waals surface area contributed by atoms with Gasteiger partial charge in [-0.05, 0) is 25.2 Å². The monoisotopic (exact) mass is 295 g/mol. The Kier molecular flexibility index (Phi) is 5.24. The summed E-state index contributed by atoms with van der Waals surface area (Å²) in [6.45, 7) is 0.540. The Balaban J connectivity index is 2.15. The van der Waals surface area contributed by atoms with Crippen LogP contribution in [-0.4, -0.2) is 44.1 Å². The maximum absolute atomic E-state index is 13.4. The number of hydrogen-bond donors (Lipinski definition) is 1. The predicted octanol–water partition coefficient (Wildman–Crippen LogP) is 1.66. The van der Waals surface area contributed by atoms with Crippen LogP contribution in [0.2, 0.25) is 0 Å². The van der Waals surface area contributed by atoms with E-state index in [4.69, 9.17) is 14.0 Å². The molecular weight excluding hydrogens is 277 g/mol. The molecule has 2 aromatic rings. The summed E-state index contributed by atoms with van der Waals surface area (Å²) < 4.78 is 28.6. The van der Waals surface area contributed by atoms with Gasteiger partial charge in [-0.1, -0.05) is 5.16 Å². The van der Waals surface area contributed by atoms with Gasteiger partial charge in [-0.15, -0.1) is 0 Å². The first-order valence-electron chi connectivity index (χ1n) is 6.50. The molecule has 0 amide bonds. The van der Waals surface area contributed by atoms with Crippen molar-refractivity contribution in [3.05, 3.63) is 29.9 Å². The normalized spacial score (nSPS) is 12.4. The first kappa shape index (κ1) is 15.4. The molecule has 114 valence electrons. The third-order valence-corrected chi connectivity index (χ3v) is 3.07. The number of nitrogens with zero attached hydrogens (tertiary/aromatic N) is 2. The highest BCUT2D eigenvalue weighted by Gasteiger charge is 2.15. The Morgan fingerprint density at radius 1 is 1.38 bits per heavy atom. The summed E-state index contributed by atoms with van der Waals surface area (Å²) in [4.78, 5) is 4.30. The van der Waals surface area contributed by atoms with E-state index in [1.807, 2.05) is 7.05 Å². The molecule has 2 rings (SSSR count). The van der Waals surface area contributed by atoms with Crippen molar-refractivity contribution in [2.24, 2.45) is 0 Å². The van der Waals surface area contributed by atoms with Crippen molar-refractivity contribution in [2.45, 2.75) is 12.5 Å². The molecule has 0 aliphatic rings. The summed E-state index contributed by atoms with van der Waals surface area (Å²) in [7, 11) is 4.88. The molecule has 1 atom stereocenters. The van der Waals surface area contributed by atoms with Crippen molar-refractivity contribution in [1.82, 2.24) is 15.5 Å². The highest BCUT2D eigenvalue weighted by Crippen LogP contribution is 2.24. The first-order chi connectivity index (χ1) is 10.2. The highest BCUT2D eigenvalue weighted by atomic mass is 19.1. The topological polar surface area (TPSA) is 69.4 Å². The van der Waals surface area contributed by atoms with E-state index < -0.39 is 5.82 Å². The number of rotatable bonds is 7. The Morgan fingerprint density at radius 3 is 2.86 bits per heavy atom. The van der Waals surface area contributed by atoms with Gasteiger partial charge < -0.3 is 19.3 Å². The molecule has 1 heterocycles. The van der Waals surface area contributed by atoms with Gasteiger partial charge >= 0.3 is 0 Å². The molecule has 0 aliphatic heterocycles. The Labute approximate surface area is 122 Å². The second-order valence-corrected chi connectivity index (χ2v) is 4.51. The largest absolute Gasteiger partial charge is 0.494 e. The van der Waals surface area contributed by atoms with Gasteiger partial charge in [0.2, 0.25) is 11.7 Å². The maximum atomic E-state index is 13.4. The van der Waals surface area contributed by atoms with Crippen LogP contribution in [0.25, 0.3) is 11.4 Å². The fraction of sp³-hybridized carbons (Fsp3) is 0.429. The van der Waals surface area contributed by atoms with E-state index >= 15 is 0 Å². The summed E-state index contributed by atoms with van der Waals surface area (Å²) >= 11 is 0. The molecule has 0 fully saturated rings. The van der Waals surface area contributed by atoms with Crippen molar-refractivity contribution in [2.75, 3.05) is 27.9 Å². The number of methoxy groups -OCH3 is 2. The lowest BCUT2D eigenvalue weighted by molar-refractivity contribution is 0.165. The second kappa shape index (κ2) is 7.14. The smallest absolute Gasteiger partial charge is 0.228 e. The van der Waals surface area contributed by atoms with Crippen molar-refractivity contribution in [1.29, 1.82) is 0 Å². The van der Waals surface area contributed by atoms with E-state index in [0.29, 0.717) is 30.3 Å². The van der Waals surface area contributed by atoms with Crippen LogP contribution < -0.4 is 10.1 Å². The molecule has 0 aliphatic carbocycles. The fourth-order valence-corrected chi connectivity index (χ4v) is 1.91. The molecule has 1 aromatic heterocycles. The van der Waals surface area contributed by atoms with Gasteiger partial charge in [0.15, 0.2) is 11.6 Å². The fourth-order valence-electron chi connectivity index (χ4n) is 1.91. The van der Waals surface area contributed by atoms with Crippen LogP contribution in [-0.2, 0) is 11.2 Å². The van der Waals surface area contributed by atoms with Gasteiger partial charge in [-0.2, -0.15) is 4.98 Å². The number of aromatic nitrogens is 2. The third kappa shape index (κ3) is 3.77. The number of hydrogen-bond acceptors (Lipinski definition) is 6. The van der Waals surface area contributed by atoms with E-state index in [2.05, 4.69) is 15.5 Å². The molecule has 6 nitrogen and oxygen atoms in total. The van der Waals surface area contributed by atoms with Crippen LogP contribution in [0.15, 0.2) is 22.7 Å². The van der Waals surface area contributed by atoms with Crippen LogP contribution in [0, 0.1) is 5.82 Å². The number of benzene rings is 1. The number of ether oxygens (including phenoxy) is 2. The first-order valence-corrected chi connectivity index (χ1v) is 6.50. The standard InChI is InChI=1S/C14H18FN3O3/c1-16-10(8-19-2)7-13-17-14(18-21-13)9-4-5-11(15)12(6-9)20-3/h4-6,10,16H,7-8H2,1-3H3. The van der Waals surface area contributed by atoms with Gasteiger partial charge in [-0.25, -0.2) is 4.39 Å². The average Bonchev–Trinajstić information content (AvgIpc) is 2.95. The van der Waals surface area contributed by atoms with Gasteiger partial charge in [0, 0.05) is 25.1 Å². The molecule has 21 heavy (non-hydrogen) atoms. The molecule has 7 heteroatoms. The minimum atomic E-state index is -0.430. The zero-order valence-corrected chi connectivity index (χ0v) is 12.2.